The summed E-state index contributed by atoms with van der Waals surface area (Å²) in [6.45, 7) is 2.20. The van der Waals surface area contributed by atoms with Gasteiger partial charge >= 0.3 is 0 Å². The maximum absolute atomic E-state index is 9.10. The molecule has 1 atom stereocenters. The molecule has 2 N–H and O–H groups in total. The molecule has 0 bridgehead atoms. The van der Waals surface area contributed by atoms with Crippen LogP contribution in [-0.4, -0.2) is 26.5 Å². The van der Waals surface area contributed by atoms with Gasteiger partial charge in [-0.15, -0.1) is 0 Å². The van der Waals surface area contributed by atoms with Crippen LogP contribution in [-0.2, 0) is 6.42 Å². The fourth-order valence-corrected chi connectivity index (χ4v) is 3.47. The second-order valence-electron chi connectivity index (χ2n) is 6.66. The largest absolute Gasteiger partial charge is 0.396 e. The molecule has 0 radical (unpaired) electrons. The number of hydrogen-bond donors (Lipinski definition) is 2. The van der Waals surface area contributed by atoms with Crippen LogP contribution in [0, 0.1) is 6.92 Å². The lowest BCUT2D eigenvalue weighted by atomic mass is 10.0. The number of aliphatic hydroxyl groups is 1. The first-order valence-corrected chi connectivity index (χ1v) is 9.40. The van der Waals surface area contributed by atoms with Crippen LogP contribution < -0.4 is 5.32 Å². The fourth-order valence-electron chi connectivity index (χ4n) is 3.22. The van der Waals surface area contributed by atoms with Gasteiger partial charge in [0.2, 0.25) is 5.95 Å². The minimum absolute atomic E-state index is 0.123. The van der Waals surface area contributed by atoms with E-state index in [2.05, 4.69) is 52.7 Å². The molecule has 0 amide bonds. The zero-order valence-electron chi connectivity index (χ0n) is 15.1. The topological polar surface area (TPSA) is 63.0 Å². The van der Waals surface area contributed by atoms with Crippen LogP contribution in [0.2, 0.25) is 5.02 Å². The van der Waals surface area contributed by atoms with Gasteiger partial charge in [-0.1, -0.05) is 59.6 Å². The summed E-state index contributed by atoms with van der Waals surface area (Å²) >= 11 is 6.48. The van der Waals surface area contributed by atoms with Gasteiger partial charge in [0.05, 0.1) is 0 Å². The van der Waals surface area contributed by atoms with Crippen molar-refractivity contribution in [2.24, 2.45) is 0 Å². The van der Waals surface area contributed by atoms with Crippen LogP contribution in [0.25, 0.3) is 5.70 Å². The molecule has 1 aliphatic rings. The summed E-state index contributed by atoms with van der Waals surface area (Å²) in [4.78, 5) is 4.63. The average Bonchev–Trinajstić information content (AvgIpc) is 3.09. The van der Waals surface area contributed by atoms with Gasteiger partial charge in [0.1, 0.15) is 6.04 Å². The summed E-state index contributed by atoms with van der Waals surface area (Å²) < 4.78 is 1.87. The predicted octanol–water partition coefficient (Wildman–Crippen LogP) is 4.22. The van der Waals surface area contributed by atoms with E-state index in [-0.39, 0.29) is 12.6 Å². The van der Waals surface area contributed by atoms with Crippen LogP contribution in [0.3, 0.4) is 0 Å². The van der Waals surface area contributed by atoms with E-state index in [4.69, 9.17) is 16.7 Å². The van der Waals surface area contributed by atoms with E-state index in [0.717, 1.165) is 16.8 Å². The molecule has 0 saturated heterocycles. The molecule has 1 unspecified atom stereocenters. The zero-order chi connectivity index (χ0) is 18.8. The lowest BCUT2D eigenvalue weighted by Gasteiger charge is -2.25. The van der Waals surface area contributed by atoms with Gasteiger partial charge in [-0.3, -0.25) is 0 Å². The highest BCUT2D eigenvalue weighted by molar-refractivity contribution is 6.31. The molecule has 4 rings (SSSR count). The number of aliphatic hydroxyl groups excluding tert-OH is 1. The summed E-state index contributed by atoms with van der Waals surface area (Å²) in [6, 6.07) is 16.0. The molecule has 138 valence electrons. The Bertz CT molecular complexity index is 978. The van der Waals surface area contributed by atoms with Gasteiger partial charge in [-0.05, 0) is 36.6 Å². The van der Waals surface area contributed by atoms with Crippen molar-refractivity contribution < 1.29 is 5.11 Å². The SMILES string of the molecule is Cc1ccc(C2=CC(c3ccccc3Cl)n3nc(CCCO)nc3N2)cc1. The van der Waals surface area contributed by atoms with Crippen molar-refractivity contribution >= 4 is 23.2 Å². The van der Waals surface area contributed by atoms with Gasteiger partial charge in [0.25, 0.3) is 0 Å². The molecule has 3 aromatic rings. The van der Waals surface area contributed by atoms with Crippen LogP contribution in [0.15, 0.2) is 54.6 Å². The zero-order valence-corrected chi connectivity index (χ0v) is 15.8. The number of rotatable bonds is 5. The van der Waals surface area contributed by atoms with Crippen LogP contribution in [0.4, 0.5) is 5.95 Å². The van der Waals surface area contributed by atoms with Crippen LogP contribution in [0.5, 0.6) is 0 Å². The molecular formula is C21H21ClN4O. The van der Waals surface area contributed by atoms with Crippen molar-refractivity contribution in [3.05, 3.63) is 82.1 Å². The molecular weight excluding hydrogens is 360 g/mol. The summed E-state index contributed by atoms with van der Waals surface area (Å²) in [5.74, 6) is 1.40. The molecule has 2 aromatic carbocycles. The quantitative estimate of drug-likeness (QED) is 0.695. The smallest absolute Gasteiger partial charge is 0.226 e. The molecule has 2 heterocycles. The summed E-state index contributed by atoms with van der Waals surface area (Å²) in [5.41, 5.74) is 4.26. The predicted molar refractivity (Wildman–Crippen MR) is 108 cm³/mol. The first kappa shape index (κ1) is 17.8. The maximum atomic E-state index is 9.10. The summed E-state index contributed by atoms with van der Waals surface area (Å²) in [5, 5.41) is 17.9. The highest BCUT2D eigenvalue weighted by atomic mass is 35.5. The number of halogens is 1. The Morgan fingerprint density at radius 1 is 1.15 bits per heavy atom. The number of allylic oxidation sites excluding steroid dienone is 1. The van der Waals surface area contributed by atoms with Crippen molar-refractivity contribution in [1.82, 2.24) is 14.8 Å². The average molecular weight is 381 g/mol. The molecule has 0 aliphatic carbocycles. The number of anilines is 1. The minimum Gasteiger partial charge on any atom is -0.396 e. The summed E-state index contributed by atoms with van der Waals surface area (Å²) in [7, 11) is 0. The third kappa shape index (κ3) is 3.61. The number of aromatic nitrogens is 3. The lowest BCUT2D eigenvalue weighted by molar-refractivity contribution is 0.287. The highest BCUT2D eigenvalue weighted by Crippen LogP contribution is 2.35. The Hall–Kier alpha value is -2.63. The van der Waals surface area contributed by atoms with Crippen molar-refractivity contribution in [3.63, 3.8) is 0 Å². The van der Waals surface area contributed by atoms with Crippen molar-refractivity contribution in [3.8, 4) is 0 Å². The maximum Gasteiger partial charge on any atom is 0.226 e. The fraction of sp³-hybridized carbons (Fsp3) is 0.238. The van der Waals surface area contributed by atoms with Crippen molar-refractivity contribution in [2.45, 2.75) is 25.8 Å². The Kier molecular flexibility index (Phi) is 4.97. The number of nitrogens with one attached hydrogen (secondary N) is 1. The lowest BCUT2D eigenvalue weighted by Crippen LogP contribution is -2.20. The third-order valence-corrected chi connectivity index (χ3v) is 5.00. The van der Waals surface area contributed by atoms with Gasteiger partial charge in [0, 0.05) is 23.7 Å². The molecule has 0 fully saturated rings. The first-order chi connectivity index (χ1) is 13.2. The number of hydrogen-bond acceptors (Lipinski definition) is 4. The van der Waals surface area contributed by atoms with Gasteiger partial charge < -0.3 is 10.4 Å². The molecule has 1 aromatic heterocycles. The van der Waals surface area contributed by atoms with Gasteiger partial charge in [-0.2, -0.15) is 10.1 Å². The second kappa shape index (κ2) is 7.55. The van der Waals surface area contributed by atoms with E-state index in [1.807, 2.05) is 28.9 Å². The number of aryl methyl sites for hydroxylation is 2. The van der Waals surface area contributed by atoms with E-state index < -0.39 is 0 Å². The molecule has 0 spiro atoms. The van der Waals surface area contributed by atoms with E-state index in [0.29, 0.717) is 29.6 Å². The Morgan fingerprint density at radius 2 is 1.93 bits per heavy atom. The summed E-state index contributed by atoms with van der Waals surface area (Å²) in [6.07, 6.45) is 3.40. The standard InChI is InChI=1S/C21H21ClN4O/c1-14-8-10-15(11-9-14)18-13-19(16-5-2-3-6-17(16)22)26-21(23-18)24-20(25-26)7-4-12-27/h2-3,5-6,8-11,13,19,27H,4,7,12H2,1H3,(H,23,24,25). The Labute approximate surface area is 163 Å². The highest BCUT2D eigenvalue weighted by Gasteiger charge is 2.26. The molecule has 1 aliphatic heterocycles. The monoisotopic (exact) mass is 380 g/mol. The van der Waals surface area contributed by atoms with Crippen LogP contribution in [0.1, 0.15) is 35.0 Å². The van der Waals surface area contributed by atoms with Crippen LogP contribution >= 0.6 is 11.6 Å². The Morgan fingerprint density at radius 3 is 2.67 bits per heavy atom. The van der Waals surface area contributed by atoms with Crippen molar-refractivity contribution in [2.75, 3.05) is 11.9 Å². The Balaban J connectivity index is 1.79. The number of benzene rings is 2. The van der Waals surface area contributed by atoms with Crippen molar-refractivity contribution in [1.29, 1.82) is 0 Å². The normalized spacial score (nSPS) is 15.8. The second-order valence-corrected chi connectivity index (χ2v) is 7.07. The molecule has 27 heavy (non-hydrogen) atoms. The van der Waals surface area contributed by atoms with Gasteiger partial charge in [-0.25, -0.2) is 4.68 Å². The van der Waals surface area contributed by atoms with E-state index >= 15 is 0 Å². The van der Waals surface area contributed by atoms with E-state index in [1.54, 1.807) is 0 Å². The third-order valence-electron chi connectivity index (χ3n) is 4.65. The van der Waals surface area contributed by atoms with Gasteiger partial charge in [0.15, 0.2) is 5.82 Å². The number of nitrogens with zero attached hydrogens (tertiary/aromatic N) is 3. The first-order valence-electron chi connectivity index (χ1n) is 9.02. The molecule has 0 saturated carbocycles. The molecule has 6 heteroatoms. The van der Waals surface area contributed by atoms with E-state index in [1.165, 1.54) is 5.56 Å². The molecule has 5 nitrogen and oxygen atoms in total. The minimum atomic E-state index is -0.151. The van der Waals surface area contributed by atoms with E-state index in [9.17, 15) is 0 Å². The number of fused-ring (bicyclic) bond motifs is 1.